The molecule has 1 unspecified atom stereocenters. The first-order valence-corrected chi connectivity index (χ1v) is 7.39. The summed E-state index contributed by atoms with van der Waals surface area (Å²) in [4.78, 5) is 14.0. The molecule has 1 heterocycles. The second-order valence-electron chi connectivity index (χ2n) is 5.53. The van der Waals surface area contributed by atoms with Crippen molar-refractivity contribution in [2.45, 2.75) is 19.4 Å². The molecule has 1 saturated heterocycles. The molecule has 1 aromatic carbocycles. The molecule has 2 rings (SSSR count). The Kier molecular flexibility index (Phi) is 5.99. The van der Waals surface area contributed by atoms with Crippen LogP contribution in [0.1, 0.15) is 18.4 Å². The van der Waals surface area contributed by atoms with Crippen LogP contribution in [0.25, 0.3) is 0 Å². The van der Waals surface area contributed by atoms with Gasteiger partial charge in [0.15, 0.2) is 0 Å². The summed E-state index contributed by atoms with van der Waals surface area (Å²) < 4.78 is 17.8. The second-order valence-corrected chi connectivity index (χ2v) is 5.53. The number of ether oxygens (including phenoxy) is 1. The molecule has 0 saturated carbocycles. The molecule has 1 fully saturated rings. The molecule has 0 spiro atoms. The van der Waals surface area contributed by atoms with E-state index in [0.29, 0.717) is 19.6 Å². The molecule has 0 bridgehead atoms. The Balaban J connectivity index is 1.76. The summed E-state index contributed by atoms with van der Waals surface area (Å²) in [6.07, 6.45) is 1.90. The van der Waals surface area contributed by atoms with Gasteiger partial charge in [0, 0.05) is 19.0 Å². The number of carbonyl (C=O) groups is 1. The fourth-order valence-corrected chi connectivity index (χ4v) is 2.66. The molecule has 0 radical (unpaired) electrons. The first kappa shape index (κ1) is 15.8. The summed E-state index contributed by atoms with van der Waals surface area (Å²) in [5.74, 6) is 0.853. The van der Waals surface area contributed by atoms with Gasteiger partial charge < -0.3 is 10.1 Å². The number of carbonyl (C=O) groups excluding carboxylic acids is 1. The van der Waals surface area contributed by atoms with E-state index in [0.717, 1.165) is 30.7 Å². The number of piperidine rings is 1. The summed E-state index contributed by atoms with van der Waals surface area (Å²) in [7, 11) is 1.62. The molecule has 1 amide bonds. The number of hydrogen-bond donors (Lipinski definition) is 1. The average Bonchev–Trinajstić information content (AvgIpc) is 2.53. The fourth-order valence-electron chi connectivity index (χ4n) is 2.66. The van der Waals surface area contributed by atoms with Gasteiger partial charge in [-0.05, 0) is 37.1 Å². The molecule has 1 aliphatic rings. The SMILES string of the molecule is COc1cccc(CNC(=O)CN2CCCC(CF)C2)c1. The van der Waals surface area contributed by atoms with Gasteiger partial charge in [-0.3, -0.25) is 14.1 Å². The van der Waals surface area contributed by atoms with Crippen molar-refractivity contribution in [3.63, 3.8) is 0 Å². The maximum atomic E-state index is 12.7. The van der Waals surface area contributed by atoms with Crippen LogP contribution in [-0.4, -0.2) is 44.2 Å². The van der Waals surface area contributed by atoms with Crippen LogP contribution in [-0.2, 0) is 11.3 Å². The molecule has 4 nitrogen and oxygen atoms in total. The summed E-state index contributed by atoms with van der Waals surface area (Å²) in [5, 5.41) is 2.90. The zero-order chi connectivity index (χ0) is 15.1. The zero-order valence-corrected chi connectivity index (χ0v) is 12.5. The number of benzene rings is 1. The first-order valence-electron chi connectivity index (χ1n) is 7.39. The molecule has 1 aliphatic heterocycles. The molecular formula is C16H23FN2O2. The van der Waals surface area contributed by atoms with E-state index in [1.807, 2.05) is 29.2 Å². The van der Waals surface area contributed by atoms with Gasteiger partial charge in [0.2, 0.25) is 5.91 Å². The summed E-state index contributed by atoms with van der Waals surface area (Å²) >= 11 is 0. The number of halogens is 1. The zero-order valence-electron chi connectivity index (χ0n) is 12.5. The number of amides is 1. The van der Waals surface area contributed by atoms with Crippen molar-refractivity contribution < 1.29 is 13.9 Å². The average molecular weight is 294 g/mol. The molecule has 0 aliphatic carbocycles. The Morgan fingerprint density at radius 1 is 1.52 bits per heavy atom. The number of rotatable bonds is 6. The maximum Gasteiger partial charge on any atom is 0.234 e. The van der Waals surface area contributed by atoms with Crippen LogP contribution in [0, 0.1) is 5.92 Å². The molecule has 1 aromatic rings. The molecule has 116 valence electrons. The Labute approximate surface area is 125 Å². The van der Waals surface area contributed by atoms with Crippen molar-refractivity contribution in [1.29, 1.82) is 0 Å². The van der Waals surface area contributed by atoms with E-state index in [1.54, 1.807) is 7.11 Å². The van der Waals surface area contributed by atoms with Crippen molar-refractivity contribution in [1.82, 2.24) is 10.2 Å². The van der Waals surface area contributed by atoms with E-state index in [2.05, 4.69) is 5.32 Å². The Bertz CT molecular complexity index is 467. The van der Waals surface area contributed by atoms with Gasteiger partial charge in [0.25, 0.3) is 0 Å². The van der Waals surface area contributed by atoms with Gasteiger partial charge in [-0.1, -0.05) is 12.1 Å². The first-order chi connectivity index (χ1) is 10.2. The highest BCUT2D eigenvalue weighted by molar-refractivity contribution is 5.78. The molecule has 1 atom stereocenters. The minimum Gasteiger partial charge on any atom is -0.497 e. The van der Waals surface area contributed by atoms with E-state index in [-0.39, 0.29) is 18.5 Å². The van der Waals surface area contributed by atoms with E-state index in [9.17, 15) is 9.18 Å². The smallest absolute Gasteiger partial charge is 0.234 e. The van der Waals surface area contributed by atoms with Crippen LogP contribution >= 0.6 is 0 Å². The van der Waals surface area contributed by atoms with Gasteiger partial charge >= 0.3 is 0 Å². The molecule has 21 heavy (non-hydrogen) atoms. The number of hydrogen-bond acceptors (Lipinski definition) is 3. The Morgan fingerprint density at radius 2 is 2.38 bits per heavy atom. The van der Waals surface area contributed by atoms with E-state index in [4.69, 9.17) is 4.74 Å². The van der Waals surface area contributed by atoms with Crippen LogP contribution in [0.5, 0.6) is 5.75 Å². The molecule has 0 aromatic heterocycles. The Hall–Kier alpha value is -1.62. The maximum absolute atomic E-state index is 12.7. The highest BCUT2D eigenvalue weighted by atomic mass is 19.1. The third-order valence-electron chi connectivity index (χ3n) is 3.81. The summed E-state index contributed by atoms with van der Waals surface area (Å²) in [6, 6.07) is 7.62. The molecular weight excluding hydrogens is 271 g/mol. The second kappa shape index (κ2) is 7.98. The lowest BCUT2D eigenvalue weighted by atomic mass is 9.99. The van der Waals surface area contributed by atoms with Crippen molar-refractivity contribution in [2.75, 3.05) is 33.4 Å². The van der Waals surface area contributed by atoms with Gasteiger partial charge in [0.1, 0.15) is 5.75 Å². The standard InChI is InChI=1S/C16H23FN2O2/c1-21-15-6-2-4-13(8-15)10-18-16(20)12-19-7-3-5-14(9-17)11-19/h2,4,6,8,14H,3,5,7,9-12H2,1H3,(H,18,20). The highest BCUT2D eigenvalue weighted by Crippen LogP contribution is 2.16. The number of likely N-dealkylation sites (tertiary alicyclic amines) is 1. The third-order valence-corrected chi connectivity index (χ3v) is 3.81. The van der Waals surface area contributed by atoms with Gasteiger partial charge in [-0.15, -0.1) is 0 Å². The van der Waals surface area contributed by atoms with Gasteiger partial charge in [0.05, 0.1) is 20.3 Å². The topological polar surface area (TPSA) is 41.6 Å². The van der Waals surface area contributed by atoms with Crippen molar-refractivity contribution >= 4 is 5.91 Å². The molecule has 5 heteroatoms. The van der Waals surface area contributed by atoms with Crippen LogP contribution in [0.2, 0.25) is 0 Å². The van der Waals surface area contributed by atoms with E-state index >= 15 is 0 Å². The van der Waals surface area contributed by atoms with Crippen LogP contribution in [0.15, 0.2) is 24.3 Å². The van der Waals surface area contributed by atoms with Gasteiger partial charge in [-0.25, -0.2) is 0 Å². The third kappa shape index (κ3) is 5.01. The minimum atomic E-state index is -0.290. The lowest BCUT2D eigenvalue weighted by Crippen LogP contribution is -2.42. The number of nitrogens with one attached hydrogen (secondary N) is 1. The molecule has 1 N–H and O–H groups in total. The predicted molar refractivity (Wildman–Crippen MR) is 80.0 cm³/mol. The van der Waals surface area contributed by atoms with Crippen LogP contribution in [0.4, 0.5) is 4.39 Å². The Morgan fingerprint density at radius 3 is 3.14 bits per heavy atom. The lowest BCUT2D eigenvalue weighted by Gasteiger charge is -2.30. The van der Waals surface area contributed by atoms with E-state index in [1.165, 1.54) is 0 Å². The van der Waals surface area contributed by atoms with Crippen molar-refractivity contribution in [3.8, 4) is 5.75 Å². The highest BCUT2D eigenvalue weighted by Gasteiger charge is 2.21. The monoisotopic (exact) mass is 294 g/mol. The predicted octanol–water partition coefficient (Wildman–Crippen LogP) is 1.99. The van der Waals surface area contributed by atoms with Crippen molar-refractivity contribution in [3.05, 3.63) is 29.8 Å². The fraction of sp³-hybridized carbons (Fsp3) is 0.562. The quantitative estimate of drug-likeness (QED) is 0.872. The number of nitrogens with zero attached hydrogens (tertiary/aromatic N) is 1. The number of alkyl halides is 1. The largest absolute Gasteiger partial charge is 0.497 e. The van der Waals surface area contributed by atoms with Crippen LogP contribution < -0.4 is 10.1 Å². The van der Waals surface area contributed by atoms with E-state index < -0.39 is 0 Å². The minimum absolute atomic E-state index is 0.0164. The number of methoxy groups -OCH3 is 1. The summed E-state index contributed by atoms with van der Waals surface area (Å²) in [6.45, 7) is 2.10. The van der Waals surface area contributed by atoms with Gasteiger partial charge in [-0.2, -0.15) is 0 Å². The lowest BCUT2D eigenvalue weighted by molar-refractivity contribution is -0.122. The normalized spacial score (nSPS) is 19.2. The summed E-state index contributed by atoms with van der Waals surface area (Å²) in [5.41, 5.74) is 1.00. The van der Waals surface area contributed by atoms with Crippen LogP contribution in [0.3, 0.4) is 0 Å². The van der Waals surface area contributed by atoms with Crippen molar-refractivity contribution in [2.24, 2.45) is 5.92 Å².